The van der Waals surface area contributed by atoms with Crippen molar-refractivity contribution >= 4 is 0 Å². The minimum atomic E-state index is -0.0275. The molecule has 1 heterocycles. The van der Waals surface area contributed by atoms with Crippen LogP contribution in [0.5, 0.6) is 11.5 Å². The molecule has 1 aromatic carbocycles. The summed E-state index contributed by atoms with van der Waals surface area (Å²) in [5.74, 6) is 0.350. The van der Waals surface area contributed by atoms with E-state index < -0.39 is 0 Å². The standard InChI is InChI=1S/C13H14N2O2/c16-12-4-9-2-1-8(11(9)5-13(12)17)3-10-6-14-7-15-10/h4-8,16-17H,1-3H2,(H,14,15). The van der Waals surface area contributed by atoms with Crippen LogP contribution in [0.3, 0.4) is 0 Å². The number of phenols is 2. The van der Waals surface area contributed by atoms with Crippen molar-refractivity contribution in [3.05, 3.63) is 41.5 Å². The minimum Gasteiger partial charge on any atom is -0.504 e. The van der Waals surface area contributed by atoms with E-state index in [-0.39, 0.29) is 11.5 Å². The fraction of sp³-hybridized carbons (Fsp3) is 0.308. The Hall–Kier alpha value is -1.97. The highest BCUT2D eigenvalue weighted by molar-refractivity contribution is 5.49. The summed E-state index contributed by atoms with van der Waals surface area (Å²) in [4.78, 5) is 7.10. The molecular weight excluding hydrogens is 216 g/mol. The van der Waals surface area contributed by atoms with Gasteiger partial charge in [-0.05, 0) is 48.4 Å². The first-order valence-corrected chi connectivity index (χ1v) is 5.76. The molecule has 0 bridgehead atoms. The number of nitrogens with one attached hydrogen (secondary N) is 1. The van der Waals surface area contributed by atoms with Crippen molar-refractivity contribution < 1.29 is 10.2 Å². The number of hydrogen-bond donors (Lipinski definition) is 3. The third-order valence-electron chi connectivity index (χ3n) is 3.46. The molecule has 0 aliphatic heterocycles. The van der Waals surface area contributed by atoms with Crippen LogP contribution in [0.2, 0.25) is 0 Å². The van der Waals surface area contributed by atoms with Crippen molar-refractivity contribution in [3.63, 3.8) is 0 Å². The lowest BCUT2D eigenvalue weighted by molar-refractivity contribution is 0.402. The van der Waals surface area contributed by atoms with Crippen molar-refractivity contribution in [2.45, 2.75) is 25.2 Å². The first-order chi connectivity index (χ1) is 8.24. The normalized spacial score (nSPS) is 18.2. The topological polar surface area (TPSA) is 69.1 Å². The van der Waals surface area contributed by atoms with Crippen molar-refractivity contribution in [1.82, 2.24) is 9.97 Å². The smallest absolute Gasteiger partial charge is 0.157 e. The van der Waals surface area contributed by atoms with Gasteiger partial charge in [0.05, 0.1) is 6.33 Å². The summed E-state index contributed by atoms with van der Waals surface area (Å²) < 4.78 is 0. The number of hydrogen-bond acceptors (Lipinski definition) is 3. The lowest BCUT2D eigenvalue weighted by Gasteiger charge is -2.11. The van der Waals surface area contributed by atoms with E-state index in [4.69, 9.17) is 0 Å². The minimum absolute atomic E-state index is 0.0223. The molecule has 0 radical (unpaired) electrons. The van der Waals surface area contributed by atoms with E-state index in [0.29, 0.717) is 5.92 Å². The highest BCUT2D eigenvalue weighted by Crippen LogP contribution is 2.40. The molecule has 2 aromatic rings. The Morgan fingerprint density at radius 1 is 1.29 bits per heavy atom. The van der Waals surface area contributed by atoms with Crippen LogP contribution in [0.25, 0.3) is 0 Å². The molecule has 4 heteroatoms. The van der Waals surface area contributed by atoms with Crippen LogP contribution in [0.1, 0.15) is 29.2 Å². The van der Waals surface area contributed by atoms with E-state index >= 15 is 0 Å². The van der Waals surface area contributed by atoms with Gasteiger partial charge in [0.1, 0.15) is 0 Å². The summed E-state index contributed by atoms with van der Waals surface area (Å²) in [5.41, 5.74) is 3.40. The fourth-order valence-corrected chi connectivity index (χ4v) is 2.59. The van der Waals surface area contributed by atoms with Crippen LogP contribution in [0.15, 0.2) is 24.7 Å². The maximum atomic E-state index is 9.56. The second-order valence-corrected chi connectivity index (χ2v) is 4.56. The summed E-state index contributed by atoms with van der Waals surface area (Å²) in [6, 6.07) is 3.37. The van der Waals surface area contributed by atoms with Gasteiger partial charge in [-0.2, -0.15) is 0 Å². The lowest BCUT2D eigenvalue weighted by Crippen LogP contribution is -1.98. The molecule has 3 N–H and O–H groups in total. The van der Waals surface area contributed by atoms with Crippen LogP contribution < -0.4 is 0 Å². The van der Waals surface area contributed by atoms with Gasteiger partial charge in [0.2, 0.25) is 0 Å². The van der Waals surface area contributed by atoms with Gasteiger partial charge in [-0.15, -0.1) is 0 Å². The molecule has 1 aliphatic rings. The van der Waals surface area contributed by atoms with Gasteiger partial charge < -0.3 is 15.2 Å². The molecule has 4 nitrogen and oxygen atoms in total. The molecule has 1 unspecified atom stereocenters. The van der Waals surface area contributed by atoms with E-state index in [1.807, 2.05) is 6.20 Å². The summed E-state index contributed by atoms with van der Waals surface area (Å²) in [6.45, 7) is 0. The number of aromatic nitrogens is 2. The predicted molar refractivity (Wildman–Crippen MR) is 63.1 cm³/mol. The molecule has 1 aliphatic carbocycles. The molecule has 3 rings (SSSR count). The highest BCUT2D eigenvalue weighted by atomic mass is 16.3. The van der Waals surface area contributed by atoms with Crippen molar-refractivity contribution in [3.8, 4) is 11.5 Å². The number of nitrogens with zero attached hydrogens (tertiary/aromatic N) is 1. The summed E-state index contributed by atoms with van der Waals surface area (Å²) >= 11 is 0. The average molecular weight is 230 g/mol. The van der Waals surface area contributed by atoms with E-state index in [9.17, 15) is 10.2 Å². The maximum absolute atomic E-state index is 9.56. The molecule has 17 heavy (non-hydrogen) atoms. The Kier molecular flexibility index (Phi) is 2.28. The van der Waals surface area contributed by atoms with E-state index in [1.54, 1.807) is 18.5 Å². The maximum Gasteiger partial charge on any atom is 0.157 e. The van der Waals surface area contributed by atoms with E-state index in [1.165, 1.54) is 0 Å². The zero-order valence-electron chi connectivity index (χ0n) is 9.35. The van der Waals surface area contributed by atoms with Gasteiger partial charge in [-0.25, -0.2) is 4.98 Å². The number of H-pyrrole nitrogens is 1. The molecular formula is C13H14N2O2. The Bertz CT molecular complexity index is 535. The molecule has 0 saturated carbocycles. The second kappa shape index (κ2) is 3.80. The van der Waals surface area contributed by atoms with Gasteiger partial charge in [0.25, 0.3) is 0 Å². The fourth-order valence-electron chi connectivity index (χ4n) is 2.59. The molecule has 88 valence electrons. The SMILES string of the molecule is Oc1cc2c(cc1O)C(Cc1cnc[nH]1)CC2. The third kappa shape index (κ3) is 1.75. The highest BCUT2D eigenvalue weighted by Gasteiger charge is 2.24. The number of benzene rings is 1. The Balaban J connectivity index is 1.90. The van der Waals surface area contributed by atoms with Crippen LogP contribution >= 0.6 is 0 Å². The van der Waals surface area contributed by atoms with Crippen LogP contribution in [0.4, 0.5) is 0 Å². The molecule has 1 atom stereocenters. The van der Waals surface area contributed by atoms with Gasteiger partial charge in [-0.3, -0.25) is 0 Å². The molecule has 0 fully saturated rings. The summed E-state index contributed by atoms with van der Waals surface area (Å²) in [6.07, 6.45) is 6.42. The van der Waals surface area contributed by atoms with Crippen molar-refractivity contribution in [2.24, 2.45) is 0 Å². The van der Waals surface area contributed by atoms with Gasteiger partial charge >= 0.3 is 0 Å². The first kappa shape index (κ1) is 10.2. The van der Waals surface area contributed by atoms with Crippen LogP contribution in [-0.2, 0) is 12.8 Å². The van der Waals surface area contributed by atoms with Crippen LogP contribution in [0, 0.1) is 0 Å². The monoisotopic (exact) mass is 230 g/mol. The third-order valence-corrected chi connectivity index (χ3v) is 3.46. The zero-order chi connectivity index (χ0) is 11.8. The van der Waals surface area contributed by atoms with Crippen molar-refractivity contribution in [2.75, 3.05) is 0 Å². The number of phenolic OH excluding ortho intramolecular Hbond substituents is 2. The zero-order valence-corrected chi connectivity index (χ0v) is 9.35. The predicted octanol–water partition coefficient (Wildman–Crippen LogP) is 2.09. The van der Waals surface area contributed by atoms with Crippen LogP contribution in [-0.4, -0.2) is 20.2 Å². The molecule has 0 spiro atoms. The van der Waals surface area contributed by atoms with E-state index in [0.717, 1.165) is 36.1 Å². The quantitative estimate of drug-likeness (QED) is 0.692. The number of fused-ring (bicyclic) bond motifs is 1. The Morgan fingerprint density at radius 2 is 2.12 bits per heavy atom. The van der Waals surface area contributed by atoms with Gasteiger partial charge in [-0.1, -0.05) is 0 Å². The molecule has 1 aromatic heterocycles. The number of imidazole rings is 1. The summed E-state index contributed by atoms with van der Waals surface area (Å²) in [5, 5.41) is 19.0. The van der Waals surface area contributed by atoms with Gasteiger partial charge in [0, 0.05) is 11.9 Å². The van der Waals surface area contributed by atoms with Gasteiger partial charge in [0.15, 0.2) is 11.5 Å². The average Bonchev–Trinajstić information content (AvgIpc) is 2.92. The number of rotatable bonds is 2. The first-order valence-electron chi connectivity index (χ1n) is 5.76. The largest absolute Gasteiger partial charge is 0.504 e. The number of aromatic hydroxyl groups is 2. The Morgan fingerprint density at radius 3 is 2.88 bits per heavy atom. The van der Waals surface area contributed by atoms with Crippen molar-refractivity contribution in [1.29, 1.82) is 0 Å². The summed E-state index contributed by atoms with van der Waals surface area (Å²) in [7, 11) is 0. The molecule has 0 saturated heterocycles. The second-order valence-electron chi connectivity index (χ2n) is 4.56. The molecule has 0 amide bonds. The number of aromatic amines is 1. The lowest BCUT2D eigenvalue weighted by atomic mass is 9.96. The Labute approximate surface area is 99.0 Å². The number of aryl methyl sites for hydroxylation is 1. The van der Waals surface area contributed by atoms with E-state index in [2.05, 4.69) is 9.97 Å².